The molecule has 8 heteroatoms. The van der Waals surface area contributed by atoms with Crippen molar-refractivity contribution in [3.63, 3.8) is 0 Å². The summed E-state index contributed by atoms with van der Waals surface area (Å²) in [6, 6.07) is 11.3. The molecule has 8 nitrogen and oxygen atoms in total. The van der Waals surface area contributed by atoms with Gasteiger partial charge in [-0.15, -0.1) is 0 Å². The molecule has 0 saturated carbocycles. The molecule has 0 saturated heterocycles. The van der Waals surface area contributed by atoms with Gasteiger partial charge in [-0.3, -0.25) is 14.4 Å². The minimum atomic E-state index is -0.744. The maximum Gasteiger partial charge on any atom is 0.325 e. The number of benzene rings is 2. The van der Waals surface area contributed by atoms with Crippen LogP contribution in [-0.2, 0) is 9.53 Å². The first kappa shape index (κ1) is 20.8. The van der Waals surface area contributed by atoms with E-state index in [1.807, 2.05) is 0 Å². The van der Waals surface area contributed by atoms with Gasteiger partial charge in [0.05, 0.1) is 26.9 Å². The first-order valence-electron chi connectivity index (χ1n) is 8.31. The van der Waals surface area contributed by atoms with Gasteiger partial charge in [-0.05, 0) is 24.3 Å². The number of ether oxygens (including phenoxy) is 4. The second-order valence-electron chi connectivity index (χ2n) is 5.57. The second kappa shape index (κ2) is 9.96. The fourth-order valence-corrected chi connectivity index (χ4v) is 2.34. The summed E-state index contributed by atoms with van der Waals surface area (Å²) in [7, 11) is 4.38. The highest BCUT2D eigenvalue weighted by atomic mass is 16.5. The summed E-state index contributed by atoms with van der Waals surface area (Å²) in [4.78, 5) is 36.2. The fourth-order valence-electron chi connectivity index (χ4n) is 2.34. The molecule has 2 aromatic carbocycles. The van der Waals surface area contributed by atoms with Gasteiger partial charge in [0.15, 0.2) is 6.61 Å². The first-order chi connectivity index (χ1) is 13.5. The van der Waals surface area contributed by atoms with E-state index >= 15 is 0 Å². The molecule has 0 heterocycles. The van der Waals surface area contributed by atoms with Gasteiger partial charge in [0.2, 0.25) is 5.78 Å². The Labute approximate surface area is 162 Å². The summed E-state index contributed by atoms with van der Waals surface area (Å²) in [6.07, 6.45) is 0. The predicted molar refractivity (Wildman–Crippen MR) is 100 cm³/mol. The van der Waals surface area contributed by atoms with Gasteiger partial charge in [-0.25, -0.2) is 0 Å². The Morgan fingerprint density at radius 1 is 0.893 bits per heavy atom. The Morgan fingerprint density at radius 3 is 2.14 bits per heavy atom. The molecule has 148 valence electrons. The zero-order valence-electron chi connectivity index (χ0n) is 15.8. The van der Waals surface area contributed by atoms with E-state index in [9.17, 15) is 14.4 Å². The molecule has 0 aliphatic heterocycles. The third-order valence-corrected chi connectivity index (χ3v) is 3.78. The monoisotopic (exact) mass is 387 g/mol. The van der Waals surface area contributed by atoms with Crippen molar-refractivity contribution < 1.29 is 33.3 Å². The topological polar surface area (TPSA) is 100 Å². The Hall–Kier alpha value is -3.55. The third kappa shape index (κ3) is 5.47. The van der Waals surface area contributed by atoms with Gasteiger partial charge in [-0.1, -0.05) is 12.1 Å². The summed E-state index contributed by atoms with van der Waals surface area (Å²) >= 11 is 0. The van der Waals surface area contributed by atoms with Gasteiger partial charge < -0.3 is 24.3 Å². The van der Waals surface area contributed by atoms with Crippen molar-refractivity contribution in [2.24, 2.45) is 0 Å². The number of nitrogens with one attached hydrogen (secondary N) is 1. The Morgan fingerprint density at radius 2 is 1.54 bits per heavy atom. The number of para-hydroxylation sites is 1. The number of amides is 1. The van der Waals surface area contributed by atoms with E-state index in [-0.39, 0.29) is 5.56 Å². The van der Waals surface area contributed by atoms with Gasteiger partial charge in [0, 0.05) is 11.6 Å². The Kier molecular flexibility index (Phi) is 7.38. The smallest absolute Gasteiger partial charge is 0.325 e. The average Bonchev–Trinajstić information content (AvgIpc) is 2.75. The van der Waals surface area contributed by atoms with Crippen LogP contribution in [0.1, 0.15) is 20.7 Å². The van der Waals surface area contributed by atoms with Gasteiger partial charge in [0.25, 0.3) is 5.91 Å². The second-order valence-corrected chi connectivity index (χ2v) is 5.57. The molecular formula is C20H21NO7. The Balaban J connectivity index is 1.88. The van der Waals surface area contributed by atoms with Gasteiger partial charge in [0.1, 0.15) is 23.8 Å². The summed E-state index contributed by atoms with van der Waals surface area (Å²) in [5.41, 5.74) is 0.569. The average molecular weight is 387 g/mol. The van der Waals surface area contributed by atoms with E-state index in [2.05, 4.69) is 5.32 Å². The normalized spacial score (nSPS) is 9.96. The maximum atomic E-state index is 12.2. The SMILES string of the molecule is COc1cc(OC)cc(C(=O)NCC(=O)OCC(=O)c2ccccc2OC)c1. The van der Waals surface area contributed by atoms with E-state index in [0.717, 1.165) is 0 Å². The molecule has 0 fully saturated rings. The third-order valence-electron chi connectivity index (χ3n) is 3.78. The first-order valence-corrected chi connectivity index (χ1v) is 8.31. The van der Waals surface area contributed by atoms with Crippen LogP contribution in [0, 0.1) is 0 Å². The zero-order valence-corrected chi connectivity index (χ0v) is 15.8. The van der Waals surface area contributed by atoms with Gasteiger partial charge in [-0.2, -0.15) is 0 Å². The zero-order chi connectivity index (χ0) is 20.5. The number of hydrogen-bond acceptors (Lipinski definition) is 7. The molecule has 0 atom stereocenters. The highest BCUT2D eigenvalue weighted by molar-refractivity contribution is 6.00. The molecule has 0 aromatic heterocycles. The number of hydrogen-bond donors (Lipinski definition) is 1. The molecule has 0 bridgehead atoms. The van der Waals surface area contributed by atoms with Crippen LogP contribution in [0.25, 0.3) is 0 Å². The van der Waals surface area contributed by atoms with Crippen molar-refractivity contribution in [2.45, 2.75) is 0 Å². The van der Waals surface area contributed by atoms with Crippen LogP contribution in [-0.4, -0.2) is 52.1 Å². The highest BCUT2D eigenvalue weighted by Crippen LogP contribution is 2.22. The lowest BCUT2D eigenvalue weighted by atomic mass is 10.1. The number of carbonyl (C=O) groups excluding carboxylic acids is 3. The van der Waals surface area contributed by atoms with Crippen molar-refractivity contribution in [3.05, 3.63) is 53.6 Å². The lowest BCUT2D eigenvalue weighted by Crippen LogP contribution is -2.31. The number of methoxy groups -OCH3 is 3. The van der Waals surface area contributed by atoms with Crippen molar-refractivity contribution in [2.75, 3.05) is 34.5 Å². The molecule has 2 rings (SSSR count). The molecule has 0 radical (unpaired) electrons. The van der Waals surface area contributed by atoms with Crippen LogP contribution in [0.3, 0.4) is 0 Å². The molecule has 0 unspecified atom stereocenters. The van der Waals surface area contributed by atoms with E-state index in [0.29, 0.717) is 22.8 Å². The largest absolute Gasteiger partial charge is 0.497 e. The van der Waals surface area contributed by atoms with Crippen LogP contribution in [0.2, 0.25) is 0 Å². The number of ketones is 1. The molecule has 1 amide bonds. The number of esters is 1. The van der Waals surface area contributed by atoms with Crippen molar-refractivity contribution in [1.82, 2.24) is 5.32 Å². The van der Waals surface area contributed by atoms with Crippen LogP contribution in [0.15, 0.2) is 42.5 Å². The van der Waals surface area contributed by atoms with Crippen molar-refractivity contribution in [3.8, 4) is 17.2 Å². The quantitative estimate of drug-likeness (QED) is 0.518. The van der Waals surface area contributed by atoms with Gasteiger partial charge >= 0.3 is 5.97 Å². The summed E-state index contributed by atoms with van der Waals surface area (Å²) in [5, 5.41) is 2.43. The lowest BCUT2D eigenvalue weighted by Gasteiger charge is -2.10. The van der Waals surface area contributed by atoms with Crippen LogP contribution in [0.5, 0.6) is 17.2 Å². The molecule has 1 N–H and O–H groups in total. The van der Waals surface area contributed by atoms with E-state index < -0.39 is 30.8 Å². The molecule has 0 aliphatic rings. The minimum Gasteiger partial charge on any atom is -0.497 e. The molecule has 0 spiro atoms. The minimum absolute atomic E-state index is 0.258. The van der Waals surface area contributed by atoms with Crippen molar-refractivity contribution in [1.29, 1.82) is 0 Å². The number of rotatable bonds is 9. The van der Waals surface area contributed by atoms with Crippen LogP contribution < -0.4 is 19.5 Å². The highest BCUT2D eigenvalue weighted by Gasteiger charge is 2.15. The van der Waals surface area contributed by atoms with E-state index in [4.69, 9.17) is 18.9 Å². The fraction of sp³-hybridized carbons (Fsp3) is 0.250. The molecule has 28 heavy (non-hydrogen) atoms. The Bertz CT molecular complexity index is 841. The van der Waals surface area contributed by atoms with E-state index in [1.165, 1.54) is 33.5 Å². The summed E-state index contributed by atoms with van der Waals surface area (Å²) < 4.78 is 20.2. The van der Waals surface area contributed by atoms with E-state index in [1.54, 1.807) is 30.3 Å². The standard InChI is InChI=1S/C20H21NO7/c1-25-14-8-13(9-15(10-14)26-2)20(24)21-11-19(23)28-12-17(22)16-6-4-5-7-18(16)27-3/h4-10H,11-12H2,1-3H3,(H,21,24). The van der Waals surface area contributed by atoms with Crippen LogP contribution in [0.4, 0.5) is 0 Å². The van der Waals surface area contributed by atoms with Crippen molar-refractivity contribution >= 4 is 17.7 Å². The number of carbonyl (C=O) groups is 3. The maximum absolute atomic E-state index is 12.2. The lowest BCUT2D eigenvalue weighted by molar-refractivity contribution is -0.141. The summed E-state index contributed by atoms with van der Waals surface area (Å²) in [5.74, 6) is -0.390. The predicted octanol–water partition coefficient (Wildman–Crippen LogP) is 1.87. The summed E-state index contributed by atoms with van der Waals surface area (Å²) in [6.45, 7) is -0.848. The number of Topliss-reactive ketones (excluding diaryl/α,β-unsaturated/α-hetero) is 1. The molecule has 0 aliphatic carbocycles. The van der Waals surface area contributed by atoms with Crippen LogP contribution >= 0.6 is 0 Å². The molecular weight excluding hydrogens is 366 g/mol. The molecule has 2 aromatic rings.